The number of nitrogens with zero attached hydrogens (tertiary/aromatic N) is 6. The molecule has 166 valence electrons. The quantitative estimate of drug-likeness (QED) is 0.380. The molecule has 3 aromatic heterocycles. The van der Waals surface area contributed by atoms with Gasteiger partial charge in [0.1, 0.15) is 0 Å². The molecule has 33 heavy (non-hydrogen) atoms. The van der Waals surface area contributed by atoms with Gasteiger partial charge in [-0.1, -0.05) is 30.3 Å². The molecule has 11 heteroatoms. The van der Waals surface area contributed by atoms with Gasteiger partial charge in [0.2, 0.25) is 5.95 Å². The molecule has 0 saturated carbocycles. The van der Waals surface area contributed by atoms with Gasteiger partial charge in [-0.25, -0.2) is 15.0 Å². The number of halogens is 2. The van der Waals surface area contributed by atoms with Gasteiger partial charge in [0, 0.05) is 30.2 Å². The first kappa shape index (κ1) is 20.6. The van der Waals surface area contributed by atoms with Crippen LogP contribution in [0, 0.1) is 0 Å². The molecule has 0 fully saturated rings. The number of alkyl halides is 2. The zero-order valence-corrected chi connectivity index (χ0v) is 17.1. The van der Waals surface area contributed by atoms with Crippen LogP contribution in [0.3, 0.4) is 0 Å². The smallest absolute Gasteiger partial charge is 0.314 e. The second kappa shape index (κ2) is 8.71. The molecule has 0 atom stereocenters. The van der Waals surface area contributed by atoms with Crippen molar-refractivity contribution in [1.29, 1.82) is 0 Å². The minimum absolute atomic E-state index is 0.00126. The highest BCUT2D eigenvalue weighted by Crippen LogP contribution is 2.32. The third-order valence-corrected chi connectivity index (χ3v) is 4.92. The van der Waals surface area contributed by atoms with Gasteiger partial charge in [-0.2, -0.15) is 8.78 Å². The third kappa shape index (κ3) is 4.13. The molecular formula is C22H17F2N7O2. The number of hydrogen-bond acceptors (Lipinski definition) is 8. The molecular weight excluding hydrogens is 432 g/mol. The summed E-state index contributed by atoms with van der Waals surface area (Å²) in [6, 6.07) is 13.7. The molecule has 5 rings (SSSR count). The average molecular weight is 449 g/mol. The second-order valence-corrected chi connectivity index (χ2v) is 7.09. The highest BCUT2D eigenvalue weighted by Gasteiger charge is 2.18. The number of aliphatic hydroxyl groups is 1. The summed E-state index contributed by atoms with van der Waals surface area (Å²) in [5.41, 5.74) is 4.61. The lowest BCUT2D eigenvalue weighted by Gasteiger charge is -2.12. The number of nitrogens with one attached hydrogen (secondary N) is 1. The van der Waals surface area contributed by atoms with Crippen LogP contribution in [-0.4, -0.2) is 41.4 Å². The summed E-state index contributed by atoms with van der Waals surface area (Å²) < 4.78 is 32.1. The van der Waals surface area contributed by atoms with E-state index in [0.29, 0.717) is 23.7 Å². The number of aliphatic hydroxyl groups excluding tert-OH is 1. The zero-order chi connectivity index (χ0) is 22.8. The first-order valence-corrected chi connectivity index (χ1v) is 9.98. The zero-order valence-electron chi connectivity index (χ0n) is 17.1. The summed E-state index contributed by atoms with van der Waals surface area (Å²) in [4.78, 5) is 12.9. The van der Waals surface area contributed by atoms with E-state index in [1.807, 2.05) is 47.0 Å². The van der Waals surface area contributed by atoms with E-state index < -0.39 is 12.3 Å². The summed E-state index contributed by atoms with van der Waals surface area (Å²) in [7, 11) is 0. The minimum atomic E-state index is -2.84. The molecule has 2 N–H and O–H groups in total. The SMILES string of the molecule is OCCn1cnc2cc(Nc3ncc(-c4nnc(C(F)F)o4)cn3)cc(-c3ccccc3)c21. The molecule has 0 bridgehead atoms. The van der Waals surface area contributed by atoms with Crippen LogP contribution >= 0.6 is 0 Å². The lowest BCUT2D eigenvalue weighted by molar-refractivity contribution is 0.116. The largest absolute Gasteiger partial charge is 0.415 e. The van der Waals surface area contributed by atoms with Crippen molar-refractivity contribution in [3.8, 4) is 22.6 Å². The molecule has 0 amide bonds. The van der Waals surface area contributed by atoms with Gasteiger partial charge in [0.15, 0.2) is 0 Å². The topological polar surface area (TPSA) is 115 Å². The van der Waals surface area contributed by atoms with Crippen LogP contribution in [0.25, 0.3) is 33.6 Å². The van der Waals surface area contributed by atoms with E-state index in [1.165, 1.54) is 12.4 Å². The number of fused-ring (bicyclic) bond motifs is 1. The van der Waals surface area contributed by atoms with Crippen LogP contribution in [0.4, 0.5) is 20.4 Å². The van der Waals surface area contributed by atoms with Crippen LogP contribution in [-0.2, 0) is 6.54 Å². The Morgan fingerprint density at radius 1 is 1.00 bits per heavy atom. The molecule has 0 saturated heterocycles. The average Bonchev–Trinajstić information content (AvgIpc) is 3.48. The van der Waals surface area contributed by atoms with E-state index in [9.17, 15) is 13.9 Å². The van der Waals surface area contributed by atoms with Crippen molar-refractivity contribution in [2.45, 2.75) is 13.0 Å². The Morgan fingerprint density at radius 2 is 1.79 bits per heavy atom. The van der Waals surface area contributed by atoms with Crippen molar-refractivity contribution in [3.63, 3.8) is 0 Å². The number of aromatic nitrogens is 6. The number of benzene rings is 2. The van der Waals surface area contributed by atoms with Crippen molar-refractivity contribution < 1.29 is 18.3 Å². The maximum Gasteiger partial charge on any atom is 0.314 e. The van der Waals surface area contributed by atoms with E-state index in [4.69, 9.17) is 4.42 Å². The number of rotatable bonds is 7. The molecule has 0 aliphatic carbocycles. The van der Waals surface area contributed by atoms with Crippen molar-refractivity contribution in [1.82, 2.24) is 29.7 Å². The molecule has 0 spiro atoms. The summed E-state index contributed by atoms with van der Waals surface area (Å²) in [6.07, 6.45) is 1.67. The van der Waals surface area contributed by atoms with Crippen molar-refractivity contribution in [2.75, 3.05) is 11.9 Å². The van der Waals surface area contributed by atoms with E-state index in [1.54, 1.807) is 6.33 Å². The fourth-order valence-electron chi connectivity index (χ4n) is 3.47. The van der Waals surface area contributed by atoms with Crippen LogP contribution in [0.2, 0.25) is 0 Å². The summed E-state index contributed by atoms with van der Waals surface area (Å²) >= 11 is 0. The minimum Gasteiger partial charge on any atom is -0.415 e. The van der Waals surface area contributed by atoms with Gasteiger partial charge in [-0.05, 0) is 17.7 Å². The Kier molecular flexibility index (Phi) is 5.45. The first-order valence-electron chi connectivity index (χ1n) is 9.98. The Hall–Kier alpha value is -4.25. The molecule has 3 heterocycles. The maximum absolute atomic E-state index is 12.7. The van der Waals surface area contributed by atoms with Crippen LogP contribution in [0.15, 0.2) is 65.6 Å². The van der Waals surface area contributed by atoms with E-state index in [0.717, 1.165) is 22.2 Å². The van der Waals surface area contributed by atoms with Crippen molar-refractivity contribution >= 4 is 22.7 Å². The molecule has 5 aromatic rings. The standard InChI is InChI=1S/C22H17F2N7O2/c23-19(24)21-30-29-20(33-21)14-10-25-22(26-11-14)28-15-8-16(13-4-2-1-3-5-13)18-17(9-15)27-12-31(18)6-7-32/h1-5,8-12,19,32H,6-7H2,(H,25,26,28). The molecule has 0 aliphatic rings. The van der Waals surface area contributed by atoms with Gasteiger partial charge < -0.3 is 19.4 Å². The molecule has 0 aliphatic heterocycles. The second-order valence-electron chi connectivity index (χ2n) is 7.09. The van der Waals surface area contributed by atoms with Gasteiger partial charge in [-0.15, -0.1) is 10.2 Å². The molecule has 2 aromatic carbocycles. The Bertz CT molecular complexity index is 1390. The maximum atomic E-state index is 12.7. The third-order valence-electron chi connectivity index (χ3n) is 4.92. The molecule has 0 unspecified atom stereocenters. The fraction of sp³-hybridized carbons (Fsp3) is 0.136. The van der Waals surface area contributed by atoms with E-state index in [-0.39, 0.29) is 12.5 Å². The lowest BCUT2D eigenvalue weighted by Crippen LogP contribution is -2.02. The van der Waals surface area contributed by atoms with Gasteiger partial charge in [-0.3, -0.25) is 0 Å². The van der Waals surface area contributed by atoms with Crippen LogP contribution in [0.5, 0.6) is 0 Å². The van der Waals surface area contributed by atoms with Crippen LogP contribution in [0.1, 0.15) is 12.3 Å². The summed E-state index contributed by atoms with van der Waals surface area (Å²) in [6.45, 7) is 0.426. The summed E-state index contributed by atoms with van der Waals surface area (Å²) in [5, 5.41) is 19.4. The van der Waals surface area contributed by atoms with Crippen LogP contribution < -0.4 is 5.32 Å². The van der Waals surface area contributed by atoms with Gasteiger partial charge in [0.25, 0.3) is 11.8 Å². The van der Waals surface area contributed by atoms with Gasteiger partial charge in [0.05, 0.1) is 29.5 Å². The summed E-state index contributed by atoms with van der Waals surface area (Å²) in [5.74, 6) is -0.547. The number of anilines is 2. The number of hydrogen-bond donors (Lipinski definition) is 2. The Balaban J connectivity index is 1.47. The normalized spacial score (nSPS) is 11.4. The van der Waals surface area contributed by atoms with Crippen molar-refractivity contribution in [3.05, 3.63) is 67.1 Å². The molecule has 0 radical (unpaired) electrons. The lowest BCUT2D eigenvalue weighted by atomic mass is 10.0. The van der Waals surface area contributed by atoms with Gasteiger partial charge >= 0.3 is 6.43 Å². The Labute approximate surface area is 185 Å². The highest BCUT2D eigenvalue weighted by atomic mass is 19.3. The first-order chi connectivity index (χ1) is 16.1. The number of imidazole rings is 1. The van der Waals surface area contributed by atoms with E-state index >= 15 is 0 Å². The molecule has 9 nitrogen and oxygen atoms in total. The monoisotopic (exact) mass is 449 g/mol. The van der Waals surface area contributed by atoms with Crippen molar-refractivity contribution in [2.24, 2.45) is 0 Å². The Morgan fingerprint density at radius 3 is 2.48 bits per heavy atom. The van der Waals surface area contributed by atoms with E-state index in [2.05, 4.69) is 30.5 Å². The predicted molar refractivity (Wildman–Crippen MR) is 116 cm³/mol. The predicted octanol–water partition coefficient (Wildman–Crippen LogP) is 4.22. The fourth-order valence-corrected chi connectivity index (χ4v) is 3.47. The highest BCUT2D eigenvalue weighted by molar-refractivity contribution is 5.95.